The average molecular weight is 304 g/mol. The number of imidazole rings is 1. The van der Waals surface area contributed by atoms with E-state index in [1.165, 1.54) is 12.4 Å². The lowest BCUT2D eigenvalue weighted by molar-refractivity contribution is 0.580. The van der Waals surface area contributed by atoms with Crippen LogP contribution in [0.5, 0.6) is 0 Å². The molecule has 21 heavy (non-hydrogen) atoms. The van der Waals surface area contributed by atoms with Crippen LogP contribution in [0.4, 0.5) is 0 Å². The number of H-pyrrole nitrogens is 1. The first-order valence-corrected chi connectivity index (χ1v) is 7.78. The second-order valence-corrected chi connectivity index (χ2v) is 6.15. The van der Waals surface area contributed by atoms with E-state index in [1.807, 2.05) is 6.92 Å². The number of aromatic amines is 1. The van der Waals surface area contributed by atoms with Crippen LogP contribution in [-0.2, 0) is 16.6 Å². The van der Waals surface area contributed by atoms with Crippen molar-refractivity contribution in [3.63, 3.8) is 0 Å². The van der Waals surface area contributed by atoms with Crippen LogP contribution in [0.3, 0.4) is 0 Å². The van der Waals surface area contributed by atoms with Crippen molar-refractivity contribution in [2.24, 2.45) is 5.73 Å². The summed E-state index contributed by atoms with van der Waals surface area (Å²) in [6.45, 7) is 2.25. The molecular weight excluding hydrogens is 288 g/mol. The van der Waals surface area contributed by atoms with Gasteiger partial charge >= 0.3 is 0 Å². The molecule has 6 nitrogen and oxygen atoms in total. The summed E-state index contributed by atoms with van der Waals surface area (Å²) >= 11 is 0. The molecule has 0 radical (unpaired) electrons. The van der Waals surface area contributed by atoms with Gasteiger partial charge in [-0.15, -0.1) is 0 Å². The van der Waals surface area contributed by atoms with Crippen molar-refractivity contribution in [3.8, 4) is 11.8 Å². The Balaban J connectivity index is 2.18. The van der Waals surface area contributed by atoms with Crippen LogP contribution >= 0.6 is 0 Å². The largest absolute Gasteiger partial charge is 0.347 e. The van der Waals surface area contributed by atoms with Gasteiger partial charge in [0.05, 0.1) is 24.3 Å². The molecule has 0 unspecified atom stereocenters. The smallest absolute Gasteiger partial charge is 0.240 e. The third kappa shape index (κ3) is 3.92. The Hall–Kier alpha value is -2.14. The van der Waals surface area contributed by atoms with Gasteiger partial charge in [-0.1, -0.05) is 11.8 Å². The van der Waals surface area contributed by atoms with Gasteiger partial charge in [0.1, 0.15) is 0 Å². The van der Waals surface area contributed by atoms with Gasteiger partial charge in [-0.3, -0.25) is 0 Å². The molecule has 0 saturated heterocycles. The highest BCUT2D eigenvalue weighted by Gasteiger charge is 2.14. The molecule has 0 bridgehead atoms. The van der Waals surface area contributed by atoms with Crippen molar-refractivity contribution < 1.29 is 8.42 Å². The maximum absolute atomic E-state index is 12.2. The number of aromatic nitrogens is 2. The summed E-state index contributed by atoms with van der Waals surface area (Å²) in [6.07, 6.45) is 3.07. The van der Waals surface area contributed by atoms with Crippen LogP contribution in [0.25, 0.3) is 0 Å². The van der Waals surface area contributed by atoms with Crippen molar-refractivity contribution in [3.05, 3.63) is 47.5 Å². The summed E-state index contributed by atoms with van der Waals surface area (Å²) in [7, 11) is -3.57. The Kier molecular flexibility index (Phi) is 4.75. The third-order valence-electron chi connectivity index (χ3n) is 2.84. The fourth-order valence-electron chi connectivity index (χ4n) is 1.73. The summed E-state index contributed by atoms with van der Waals surface area (Å²) in [4.78, 5) is 6.88. The second-order valence-electron chi connectivity index (χ2n) is 4.38. The molecule has 0 saturated carbocycles. The lowest BCUT2D eigenvalue weighted by Gasteiger charge is -2.07. The maximum Gasteiger partial charge on any atom is 0.240 e. The minimum atomic E-state index is -3.57. The topological polar surface area (TPSA) is 101 Å². The van der Waals surface area contributed by atoms with E-state index in [0.717, 1.165) is 11.1 Å². The number of nitrogens with one attached hydrogen (secondary N) is 2. The van der Waals surface area contributed by atoms with Crippen LogP contribution in [0, 0.1) is 18.8 Å². The van der Waals surface area contributed by atoms with Gasteiger partial charge in [0.15, 0.2) is 0 Å². The Morgan fingerprint density at radius 2 is 2.24 bits per heavy atom. The van der Waals surface area contributed by atoms with Crippen molar-refractivity contribution in [1.29, 1.82) is 0 Å². The first-order valence-electron chi connectivity index (χ1n) is 6.29. The Morgan fingerprint density at radius 3 is 2.86 bits per heavy atom. The van der Waals surface area contributed by atoms with Crippen LogP contribution in [-0.4, -0.2) is 24.9 Å². The van der Waals surface area contributed by atoms with Crippen molar-refractivity contribution in [2.45, 2.75) is 18.4 Å². The highest BCUT2D eigenvalue weighted by atomic mass is 32.2. The number of hydrogen-bond acceptors (Lipinski definition) is 4. The summed E-state index contributed by atoms with van der Waals surface area (Å²) in [6, 6.07) is 4.81. The molecule has 1 aromatic heterocycles. The minimum Gasteiger partial charge on any atom is -0.347 e. The van der Waals surface area contributed by atoms with Crippen LogP contribution in [0.2, 0.25) is 0 Å². The second kappa shape index (κ2) is 6.54. The third-order valence-corrected chi connectivity index (χ3v) is 4.24. The van der Waals surface area contributed by atoms with E-state index in [-0.39, 0.29) is 18.0 Å². The van der Waals surface area contributed by atoms with Crippen LogP contribution < -0.4 is 10.5 Å². The van der Waals surface area contributed by atoms with E-state index >= 15 is 0 Å². The van der Waals surface area contributed by atoms with Gasteiger partial charge in [-0.05, 0) is 30.7 Å². The van der Waals surface area contributed by atoms with Crippen molar-refractivity contribution in [2.75, 3.05) is 6.54 Å². The van der Waals surface area contributed by atoms with E-state index in [9.17, 15) is 8.42 Å². The normalized spacial score (nSPS) is 11.0. The molecule has 1 heterocycles. The molecule has 4 N–H and O–H groups in total. The maximum atomic E-state index is 12.2. The van der Waals surface area contributed by atoms with Crippen LogP contribution in [0.1, 0.15) is 16.8 Å². The fourth-order valence-corrected chi connectivity index (χ4v) is 2.82. The molecule has 110 valence electrons. The quantitative estimate of drug-likeness (QED) is 0.716. The Bertz CT molecular complexity index is 771. The molecule has 0 aliphatic heterocycles. The van der Waals surface area contributed by atoms with E-state index in [1.54, 1.807) is 18.3 Å². The summed E-state index contributed by atoms with van der Waals surface area (Å²) < 4.78 is 26.9. The number of aryl methyl sites for hydroxylation is 1. The molecule has 0 aliphatic carbocycles. The SMILES string of the molecule is Cc1cc(S(=O)(=O)NCc2cnc[nH]2)ccc1C#CCN. The monoisotopic (exact) mass is 304 g/mol. The zero-order valence-corrected chi connectivity index (χ0v) is 12.4. The van der Waals surface area contributed by atoms with Crippen molar-refractivity contribution >= 4 is 10.0 Å². The van der Waals surface area contributed by atoms with Gasteiger partial charge in [-0.25, -0.2) is 18.1 Å². The number of rotatable bonds is 4. The first kappa shape index (κ1) is 15.3. The molecule has 0 amide bonds. The lowest BCUT2D eigenvalue weighted by Crippen LogP contribution is -2.23. The Labute approximate surface area is 123 Å². The van der Waals surface area contributed by atoms with Gasteiger partial charge in [0, 0.05) is 17.5 Å². The summed E-state index contributed by atoms with van der Waals surface area (Å²) in [5, 5.41) is 0. The standard InChI is InChI=1S/C14H16N4O2S/c1-11-7-14(5-4-12(11)3-2-6-15)21(19,20)18-9-13-8-16-10-17-13/h4-5,7-8,10,18H,6,9,15H2,1H3,(H,16,17). The average Bonchev–Trinajstić information content (AvgIpc) is 2.97. The minimum absolute atomic E-state index is 0.163. The van der Waals surface area contributed by atoms with Gasteiger partial charge in [0.2, 0.25) is 10.0 Å². The number of sulfonamides is 1. The predicted octanol–water partition coefficient (Wildman–Crippen LogP) is 0.507. The van der Waals surface area contributed by atoms with E-state index < -0.39 is 10.0 Å². The number of nitrogens with zero attached hydrogens (tertiary/aromatic N) is 1. The van der Waals surface area contributed by atoms with Crippen LogP contribution in [0.15, 0.2) is 35.6 Å². The van der Waals surface area contributed by atoms with E-state index in [2.05, 4.69) is 26.5 Å². The van der Waals surface area contributed by atoms with Gasteiger partial charge in [0.25, 0.3) is 0 Å². The highest BCUT2D eigenvalue weighted by molar-refractivity contribution is 7.89. The van der Waals surface area contributed by atoms with E-state index in [0.29, 0.717) is 5.69 Å². The van der Waals surface area contributed by atoms with Gasteiger partial charge < -0.3 is 10.7 Å². The zero-order valence-electron chi connectivity index (χ0n) is 11.6. The molecule has 2 rings (SSSR count). The summed E-state index contributed by atoms with van der Waals surface area (Å²) in [5.41, 5.74) is 7.58. The molecule has 0 fully saturated rings. The molecule has 2 aromatic rings. The first-order chi connectivity index (χ1) is 10.0. The molecular formula is C14H16N4O2S. The fraction of sp³-hybridized carbons (Fsp3) is 0.214. The highest BCUT2D eigenvalue weighted by Crippen LogP contribution is 2.15. The van der Waals surface area contributed by atoms with Gasteiger partial charge in [-0.2, -0.15) is 0 Å². The molecule has 1 aromatic carbocycles. The number of benzene rings is 1. The molecule has 0 atom stereocenters. The zero-order chi connectivity index (χ0) is 15.3. The lowest BCUT2D eigenvalue weighted by atomic mass is 10.1. The molecule has 7 heteroatoms. The molecule has 0 spiro atoms. The number of hydrogen-bond donors (Lipinski definition) is 3. The number of nitrogens with two attached hydrogens (primary N) is 1. The Morgan fingerprint density at radius 1 is 1.43 bits per heavy atom. The summed E-state index contributed by atoms with van der Waals surface area (Å²) in [5.74, 6) is 5.65. The molecule has 0 aliphatic rings. The van der Waals surface area contributed by atoms with E-state index in [4.69, 9.17) is 5.73 Å². The van der Waals surface area contributed by atoms with Crippen molar-refractivity contribution in [1.82, 2.24) is 14.7 Å². The predicted molar refractivity (Wildman–Crippen MR) is 79.7 cm³/mol.